The topological polar surface area (TPSA) is 50.7 Å². The second-order valence-electron chi connectivity index (χ2n) is 4.80. The van der Waals surface area contributed by atoms with E-state index < -0.39 is 0 Å². The zero-order valence-electron chi connectivity index (χ0n) is 11.0. The van der Waals surface area contributed by atoms with Gasteiger partial charge in [-0.25, -0.2) is 0 Å². The molecule has 17 heavy (non-hydrogen) atoms. The van der Waals surface area contributed by atoms with Gasteiger partial charge in [0.15, 0.2) is 0 Å². The van der Waals surface area contributed by atoms with Crippen molar-refractivity contribution in [1.29, 1.82) is 0 Å². The summed E-state index contributed by atoms with van der Waals surface area (Å²) in [4.78, 5) is 0. The van der Waals surface area contributed by atoms with E-state index in [2.05, 4.69) is 5.32 Å². The summed E-state index contributed by atoms with van der Waals surface area (Å²) in [6.45, 7) is 4.31. The van der Waals surface area contributed by atoms with Crippen molar-refractivity contribution in [2.75, 3.05) is 46.6 Å². The van der Waals surface area contributed by atoms with Gasteiger partial charge in [0.1, 0.15) is 0 Å². The first-order chi connectivity index (χ1) is 8.38. The van der Waals surface area contributed by atoms with Crippen LogP contribution in [-0.4, -0.2) is 51.7 Å². The molecule has 1 aliphatic rings. The molecule has 1 saturated carbocycles. The maximum Gasteiger partial charge on any atom is 0.0700 e. The van der Waals surface area contributed by atoms with Crippen molar-refractivity contribution in [2.45, 2.75) is 25.7 Å². The number of hydrogen-bond donors (Lipinski definition) is 2. The highest BCUT2D eigenvalue weighted by molar-refractivity contribution is 4.76. The zero-order valence-corrected chi connectivity index (χ0v) is 11.0. The summed E-state index contributed by atoms with van der Waals surface area (Å²) in [6.07, 6.45) is 5.03. The van der Waals surface area contributed by atoms with Crippen LogP contribution < -0.4 is 5.32 Å². The predicted molar refractivity (Wildman–Crippen MR) is 68.1 cm³/mol. The lowest BCUT2D eigenvalue weighted by molar-refractivity contribution is 0.0702. The van der Waals surface area contributed by atoms with Crippen LogP contribution in [0.5, 0.6) is 0 Å². The molecular weight excluding hydrogens is 218 g/mol. The molecule has 0 aromatic heterocycles. The Hall–Kier alpha value is -0.160. The Labute approximate surface area is 105 Å². The summed E-state index contributed by atoms with van der Waals surface area (Å²) < 4.78 is 10.3. The minimum absolute atomic E-state index is 0.344. The van der Waals surface area contributed by atoms with Crippen molar-refractivity contribution in [1.82, 2.24) is 5.32 Å². The van der Waals surface area contributed by atoms with Gasteiger partial charge in [0.25, 0.3) is 0 Å². The molecule has 0 aromatic rings. The molecule has 0 spiro atoms. The Kier molecular flexibility index (Phi) is 8.61. The fraction of sp³-hybridized carbons (Fsp3) is 1.00. The number of rotatable bonds is 9. The molecule has 1 rings (SSSR count). The standard InChI is InChI=1S/C13H27NO3/c1-16-8-9-17-7-6-14-10-12-4-2-3-5-13(12)11-15/h12-15H,2-11H2,1H3. The minimum atomic E-state index is 0.344. The molecule has 0 heterocycles. The molecule has 2 unspecified atom stereocenters. The van der Waals surface area contributed by atoms with Gasteiger partial charge in [-0.3, -0.25) is 0 Å². The largest absolute Gasteiger partial charge is 0.396 e. The van der Waals surface area contributed by atoms with Gasteiger partial charge in [0.2, 0.25) is 0 Å². The fourth-order valence-corrected chi connectivity index (χ4v) is 2.47. The number of aliphatic hydroxyl groups excluding tert-OH is 1. The molecule has 0 aromatic carbocycles. The summed E-state index contributed by atoms with van der Waals surface area (Å²) in [5.74, 6) is 1.15. The van der Waals surface area contributed by atoms with Gasteiger partial charge in [-0.1, -0.05) is 12.8 Å². The third-order valence-corrected chi connectivity index (χ3v) is 3.56. The molecule has 2 N–H and O–H groups in total. The van der Waals surface area contributed by atoms with Gasteiger partial charge in [0.05, 0.1) is 19.8 Å². The number of aliphatic hydroxyl groups is 1. The Morgan fingerprint density at radius 3 is 2.59 bits per heavy atom. The smallest absolute Gasteiger partial charge is 0.0700 e. The quantitative estimate of drug-likeness (QED) is 0.596. The van der Waals surface area contributed by atoms with Crippen molar-refractivity contribution in [3.05, 3.63) is 0 Å². The van der Waals surface area contributed by atoms with Crippen LogP contribution in [0.3, 0.4) is 0 Å². The summed E-state index contributed by atoms with van der Waals surface area (Å²) in [5, 5.41) is 12.7. The Bertz CT molecular complexity index is 178. The van der Waals surface area contributed by atoms with Gasteiger partial charge in [-0.15, -0.1) is 0 Å². The highest BCUT2D eigenvalue weighted by atomic mass is 16.5. The monoisotopic (exact) mass is 245 g/mol. The number of nitrogens with one attached hydrogen (secondary N) is 1. The SMILES string of the molecule is COCCOCCNCC1CCCCC1CO. The maximum absolute atomic E-state index is 9.29. The molecule has 102 valence electrons. The van der Waals surface area contributed by atoms with E-state index in [1.807, 2.05) is 0 Å². The van der Waals surface area contributed by atoms with Crippen molar-refractivity contribution in [2.24, 2.45) is 11.8 Å². The van der Waals surface area contributed by atoms with Crippen LogP contribution in [0.2, 0.25) is 0 Å². The molecule has 4 nitrogen and oxygen atoms in total. The third kappa shape index (κ3) is 6.36. The van der Waals surface area contributed by atoms with Crippen LogP contribution in [-0.2, 0) is 9.47 Å². The molecule has 0 amide bonds. The lowest BCUT2D eigenvalue weighted by atomic mass is 9.80. The van der Waals surface area contributed by atoms with E-state index >= 15 is 0 Å². The molecule has 0 radical (unpaired) electrons. The third-order valence-electron chi connectivity index (χ3n) is 3.56. The van der Waals surface area contributed by atoms with Gasteiger partial charge in [0, 0.05) is 20.3 Å². The van der Waals surface area contributed by atoms with Crippen molar-refractivity contribution in [3.63, 3.8) is 0 Å². The van der Waals surface area contributed by atoms with Crippen molar-refractivity contribution < 1.29 is 14.6 Å². The summed E-state index contributed by atoms with van der Waals surface area (Å²) >= 11 is 0. The second-order valence-corrected chi connectivity index (χ2v) is 4.80. The first kappa shape index (κ1) is 14.9. The van der Waals surface area contributed by atoms with Crippen LogP contribution in [0.25, 0.3) is 0 Å². The van der Waals surface area contributed by atoms with Crippen molar-refractivity contribution >= 4 is 0 Å². The Morgan fingerprint density at radius 2 is 1.88 bits per heavy atom. The second kappa shape index (κ2) is 9.83. The molecule has 1 fully saturated rings. The Balaban J connectivity index is 1.97. The summed E-state index contributed by atoms with van der Waals surface area (Å²) in [6, 6.07) is 0. The highest BCUT2D eigenvalue weighted by Crippen LogP contribution is 2.28. The molecule has 1 aliphatic carbocycles. The van der Waals surface area contributed by atoms with Crippen molar-refractivity contribution in [3.8, 4) is 0 Å². The van der Waals surface area contributed by atoms with Crippen LogP contribution in [0.15, 0.2) is 0 Å². The lowest BCUT2D eigenvalue weighted by Gasteiger charge is -2.30. The lowest BCUT2D eigenvalue weighted by Crippen LogP contribution is -2.33. The highest BCUT2D eigenvalue weighted by Gasteiger charge is 2.23. The van der Waals surface area contributed by atoms with Gasteiger partial charge < -0.3 is 19.9 Å². The number of hydrogen-bond acceptors (Lipinski definition) is 4. The molecule has 0 saturated heterocycles. The normalized spacial score (nSPS) is 25.1. The molecule has 2 atom stereocenters. The van der Waals surface area contributed by atoms with E-state index in [9.17, 15) is 5.11 Å². The van der Waals surface area contributed by atoms with E-state index in [1.54, 1.807) is 7.11 Å². The average Bonchev–Trinajstić information content (AvgIpc) is 2.38. The maximum atomic E-state index is 9.29. The van der Waals surface area contributed by atoms with E-state index in [0.29, 0.717) is 31.7 Å². The Morgan fingerprint density at radius 1 is 1.12 bits per heavy atom. The molecule has 4 heteroatoms. The average molecular weight is 245 g/mol. The van der Waals surface area contributed by atoms with E-state index in [0.717, 1.165) is 19.7 Å². The summed E-state index contributed by atoms with van der Waals surface area (Å²) in [7, 11) is 1.68. The predicted octanol–water partition coefficient (Wildman–Crippen LogP) is 1.04. The van der Waals surface area contributed by atoms with Crippen LogP contribution in [0.4, 0.5) is 0 Å². The first-order valence-corrected chi connectivity index (χ1v) is 6.76. The number of ether oxygens (including phenoxy) is 2. The zero-order chi connectivity index (χ0) is 12.3. The van der Waals surface area contributed by atoms with E-state index in [1.165, 1.54) is 25.7 Å². The van der Waals surface area contributed by atoms with Crippen LogP contribution in [0, 0.1) is 11.8 Å². The van der Waals surface area contributed by atoms with Crippen LogP contribution >= 0.6 is 0 Å². The van der Waals surface area contributed by atoms with Gasteiger partial charge >= 0.3 is 0 Å². The van der Waals surface area contributed by atoms with E-state index in [4.69, 9.17) is 9.47 Å². The molecular formula is C13H27NO3. The summed E-state index contributed by atoms with van der Waals surface area (Å²) in [5.41, 5.74) is 0. The van der Waals surface area contributed by atoms with Crippen LogP contribution in [0.1, 0.15) is 25.7 Å². The fourth-order valence-electron chi connectivity index (χ4n) is 2.47. The van der Waals surface area contributed by atoms with Gasteiger partial charge in [-0.2, -0.15) is 0 Å². The molecule has 0 aliphatic heterocycles. The minimum Gasteiger partial charge on any atom is -0.396 e. The molecule has 0 bridgehead atoms. The van der Waals surface area contributed by atoms with E-state index in [-0.39, 0.29) is 0 Å². The number of methoxy groups -OCH3 is 1. The van der Waals surface area contributed by atoms with Gasteiger partial charge in [-0.05, 0) is 31.2 Å². The first-order valence-electron chi connectivity index (χ1n) is 6.76.